The van der Waals surface area contributed by atoms with Crippen molar-refractivity contribution in [1.82, 2.24) is 10.6 Å². The van der Waals surface area contributed by atoms with Gasteiger partial charge in [-0.1, -0.05) is 47.6 Å². The van der Waals surface area contributed by atoms with Crippen LogP contribution in [0, 0.1) is 22.7 Å². The minimum atomic E-state index is -0.195. The van der Waals surface area contributed by atoms with Gasteiger partial charge < -0.3 is 21.3 Å². The average molecular weight is 443 g/mol. The summed E-state index contributed by atoms with van der Waals surface area (Å²) in [6.45, 7) is 13.6. The number of amides is 4. The fourth-order valence-electron chi connectivity index (χ4n) is 6.29. The minimum Gasteiger partial charge on any atom is -0.335 e. The number of carbonyl (C=O) groups excluding carboxylic acids is 2. The van der Waals surface area contributed by atoms with Gasteiger partial charge in [-0.25, -0.2) is 9.59 Å². The van der Waals surface area contributed by atoms with E-state index >= 15 is 0 Å². The van der Waals surface area contributed by atoms with Crippen molar-refractivity contribution in [2.24, 2.45) is 22.7 Å². The van der Waals surface area contributed by atoms with Gasteiger partial charge in [0.2, 0.25) is 0 Å². The highest BCUT2D eigenvalue weighted by atomic mass is 16.2. The molecule has 0 aliphatic heterocycles. The number of benzene rings is 1. The molecule has 0 spiro atoms. The minimum absolute atomic E-state index is 0.183. The van der Waals surface area contributed by atoms with Crippen LogP contribution in [-0.4, -0.2) is 24.1 Å². The third kappa shape index (κ3) is 7.42. The molecular weight excluding hydrogens is 400 g/mol. The monoisotopic (exact) mass is 442 g/mol. The second-order valence-corrected chi connectivity index (χ2v) is 12.0. The number of hydrogen-bond acceptors (Lipinski definition) is 2. The van der Waals surface area contributed by atoms with Crippen molar-refractivity contribution in [1.29, 1.82) is 0 Å². The number of urea groups is 2. The van der Waals surface area contributed by atoms with E-state index in [1.54, 1.807) is 6.07 Å². The van der Waals surface area contributed by atoms with E-state index in [0.717, 1.165) is 25.7 Å². The second kappa shape index (κ2) is 9.72. The maximum atomic E-state index is 12.6. The average Bonchev–Trinajstić information content (AvgIpc) is 2.57. The Kier molecular flexibility index (Phi) is 7.41. The van der Waals surface area contributed by atoms with Gasteiger partial charge in [-0.2, -0.15) is 0 Å². The molecule has 3 rings (SSSR count). The molecule has 178 valence electrons. The van der Waals surface area contributed by atoms with E-state index in [1.165, 1.54) is 12.8 Å². The van der Waals surface area contributed by atoms with Crippen molar-refractivity contribution in [2.75, 3.05) is 10.6 Å². The first kappa shape index (κ1) is 24.4. The third-order valence-electron chi connectivity index (χ3n) is 6.82. The summed E-state index contributed by atoms with van der Waals surface area (Å²) < 4.78 is 0. The first-order chi connectivity index (χ1) is 14.9. The third-order valence-corrected chi connectivity index (χ3v) is 6.82. The highest BCUT2D eigenvalue weighted by Gasteiger charge is 2.33. The Bertz CT molecular complexity index is 757. The molecule has 32 heavy (non-hydrogen) atoms. The highest BCUT2D eigenvalue weighted by molar-refractivity contribution is 5.93. The summed E-state index contributed by atoms with van der Waals surface area (Å²) in [6, 6.07) is 7.27. The molecule has 0 heterocycles. The maximum absolute atomic E-state index is 12.6. The van der Waals surface area contributed by atoms with Crippen LogP contribution in [0.15, 0.2) is 24.3 Å². The van der Waals surface area contributed by atoms with E-state index in [0.29, 0.717) is 23.2 Å². The van der Waals surface area contributed by atoms with E-state index < -0.39 is 0 Å². The molecule has 6 nitrogen and oxygen atoms in total. The van der Waals surface area contributed by atoms with Gasteiger partial charge in [0.1, 0.15) is 0 Å². The summed E-state index contributed by atoms with van der Waals surface area (Å²) in [7, 11) is 0. The van der Waals surface area contributed by atoms with Gasteiger partial charge in [0.15, 0.2) is 0 Å². The van der Waals surface area contributed by atoms with E-state index in [9.17, 15) is 9.59 Å². The number of rotatable bonds is 4. The normalized spacial score (nSPS) is 28.9. The molecule has 2 saturated carbocycles. The Labute approximate surface area is 193 Å². The predicted octanol–water partition coefficient (Wildman–Crippen LogP) is 6.36. The number of hydrogen-bond donors (Lipinski definition) is 4. The highest BCUT2D eigenvalue weighted by Crippen LogP contribution is 2.39. The van der Waals surface area contributed by atoms with E-state index in [-0.39, 0.29) is 35.0 Å². The first-order valence-electron chi connectivity index (χ1n) is 12.1. The van der Waals surface area contributed by atoms with E-state index in [1.807, 2.05) is 18.2 Å². The van der Waals surface area contributed by atoms with Crippen LogP contribution < -0.4 is 21.3 Å². The molecule has 4 amide bonds. The number of carbonyl (C=O) groups is 2. The molecule has 0 saturated heterocycles. The summed E-state index contributed by atoms with van der Waals surface area (Å²) in [5.41, 5.74) is 1.82. The Morgan fingerprint density at radius 2 is 1.16 bits per heavy atom. The summed E-state index contributed by atoms with van der Waals surface area (Å²) in [5, 5.41) is 12.1. The molecule has 0 radical (unpaired) electrons. The summed E-state index contributed by atoms with van der Waals surface area (Å²) in [6.07, 6.45) is 6.39. The first-order valence-corrected chi connectivity index (χ1v) is 12.1. The summed E-state index contributed by atoms with van der Waals surface area (Å²) in [4.78, 5) is 25.1. The Morgan fingerprint density at radius 1 is 0.750 bits per heavy atom. The number of anilines is 2. The molecule has 6 heteroatoms. The largest absolute Gasteiger partial charge is 0.335 e. The molecule has 1 aromatic carbocycles. The van der Waals surface area contributed by atoms with Gasteiger partial charge >= 0.3 is 12.1 Å². The summed E-state index contributed by atoms with van der Waals surface area (Å²) >= 11 is 0. The van der Waals surface area contributed by atoms with Crippen molar-refractivity contribution in [3.63, 3.8) is 0 Å². The smallest absolute Gasteiger partial charge is 0.319 e. The summed E-state index contributed by atoms with van der Waals surface area (Å²) in [5.74, 6) is 1.21. The molecular formula is C26H42N4O2. The zero-order chi connectivity index (χ0) is 23.5. The van der Waals surface area contributed by atoms with Crippen molar-refractivity contribution in [3.05, 3.63) is 24.3 Å². The second-order valence-electron chi connectivity index (χ2n) is 12.0. The zero-order valence-electron chi connectivity index (χ0n) is 20.7. The van der Waals surface area contributed by atoms with Crippen molar-refractivity contribution in [2.45, 2.75) is 92.2 Å². The molecule has 4 atom stereocenters. The molecule has 0 bridgehead atoms. The van der Waals surface area contributed by atoms with E-state index in [4.69, 9.17) is 0 Å². The lowest BCUT2D eigenvalue weighted by molar-refractivity contribution is 0.154. The molecule has 2 aliphatic carbocycles. The zero-order valence-corrected chi connectivity index (χ0v) is 20.7. The number of nitrogens with one attached hydrogen (secondary N) is 4. The molecule has 0 unspecified atom stereocenters. The van der Waals surface area contributed by atoms with Crippen LogP contribution in [0.5, 0.6) is 0 Å². The van der Waals surface area contributed by atoms with Crippen LogP contribution >= 0.6 is 0 Å². The lowest BCUT2D eigenvalue weighted by Gasteiger charge is -2.39. The Morgan fingerprint density at radius 3 is 1.53 bits per heavy atom. The predicted molar refractivity (Wildman–Crippen MR) is 132 cm³/mol. The fraction of sp³-hybridized carbons (Fsp3) is 0.692. The van der Waals surface area contributed by atoms with Gasteiger partial charge in [0.25, 0.3) is 0 Å². The lowest BCUT2D eigenvalue weighted by Crippen LogP contribution is -2.44. The van der Waals surface area contributed by atoms with Crippen LogP contribution in [-0.2, 0) is 0 Å². The van der Waals surface area contributed by atoms with Gasteiger partial charge in [-0.15, -0.1) is 0 Å². The van der Waals surface area contributed by atoms with Gasteiger partial charge in [-0.05, 0) is 79.4 Å². The van der Waals surface area contributed by atoms with Gasteiger partial charge in [0.05, 0.1) is 0 Å². The van der Waals surface area contributed by atoms with Crippen molar-refractivity contribution < 1.29 is 9.59 Å². The molecule has 2 aliphatic rings. The molecule has 0 aromatic heterocycles. The topological polar surface area (TPSA) is 82.3 Å². The van der Waals surface area contributed by atoms with Crippen molar-refractivity contribution in [3.8, 4) is 0 Å². The molecule has 4 N–H and O–H groups in total. The van der Waals surface area contributed by atoms with Gasteiger partial charge in [-0.3, -0.25) is 0 Å². The van der Waals surface area contributed by atoms with Crippen LogP contribution in [0.2, 0.25) is 0 Å². The Balaban J connectivity index is 1.51. The Hall–Kier alpha value is -2.24. The van der Waals surface area contributed by atoms with Crippen LogP contribution in [0.25, 0.3) is 0 Å². The fourth-order valence-corrected chi connectivity index (χ4v) is 6.29. The van der Waals surface area contributed by atoms with Crippen LogP contribution in [0.3, 0.4) is 0 Å². The van der Waals surface area contributed by atoms with Crippen molar-refractivity contribution >= 4 is 23.4 Å². The quantitative estimate of drug-likeness (QED) is 0.437. The van der Waals surface area contributed by atoms with E-state index in [2.05, 4.69) is 62.8 Å². The molecule has 1 aromatic rings. The van der Waals surface area contributed by atoms with Gasteiger partial charge in [0, 0.05) is 23.5 Å². The maximum Gasteiger partial charge on any atom is 0.319 e. The molecule has 2 fully saturated rings. The van der Waals surface area contributed by atoms with Crippen LogP contribution in [0.4, 0.5) is 21.0 Å². The standard InChI is InChI=1S/C26H42N4O2/c1-17-10-21(15-25(3,4)13-17)29-23(31)27-19-8-7-9-20(12-19)28-24(32)30-22-11-18(2)14-26(5,6)16-22/h7-9,12,17-18,21-22H,10-11,13-16H2,1-6H3,(H2,27,29,31)(H2,28,30,32)/t17-,18+,21-,22+. The lowest BCUT2D eigenvalue weighted by atomic mass is 9.70. The SMILES string of the molecule is C[C@@H]1C[C@@H](NC(=O)Nc2cccc(NC(=O)N[C@H]3C[C@H](C)CC(C)(C)C3)c2)CC(C)(C)C1. The van der Waals surface area contributed by atoms with Crippen LogP contribution in [0.1, 0.15) is 80.1 Å².